The summed E-state index contributed by atoms with van der Waals surface area (Å²) in [5, 5.41) is 14.4. The molecule has 1 aromatic heterocycles. The number of hydrogen-bond acceptors (Lipinski definition) is 4. The maximum Gasteiger partial charge on any atom is 0.295 e. The summed E-state index contributed by atoms with van der Waals surface area (Å²) in [6.45, 7) is 0.146. The first-order chi connectivity index (χ1) is 18.1. The van der Waals surface area contributed by atoms with E-state index in [-0.39, 0.29) is 17.9 Å². The van der Waals surface area contributed by atoms with Gasteiger partial charge in [-0.25, -0.2) is 0 Å². The van der Waals surface area contributed by atoms with Gasteiger partial charge in [0.25, 0.3) is 11.7 Å². The summed E-state index contributed by atoms with van der Waals surface area (Å²) < 4.78 is 5.51. The van der Waals surface area contributed by atoms with Crippen LogP contribution in [0.1, 0.15) is 22.7 Å². The summed E-state index contributed by atoms with van der Waals surface area (Å²) in [5.41, 5.74) is 2.94. The van der Waals surface area contributed by atoms with Crippen molar-refractivity contribution in [1.29, 1.82) is 0 Å². The number of methoxy groups -OCH3 is 1. The van der Waals surface area contributed by atoms with Gasteiger partial charge in [-0.15, -0.1) is 0 Å². The molecule has 1 atom stereocenters. The topological polar surface area (TPSA) is 82.6 Å². The molecule has 6 rings (SSSR count). The number of ether oxygens (including phenoxy) is 1. The molecule has 6 heteroatoms. The summed E-state index contributed by atoms with van der Waals surface area (Å²) in [6.07, 6.45) is 1.81. The van der Waals surface area contributed by atoms with E-state index < -0.39 is 17.7 Å². The van der Waals surface area contributed by atoms with Crippen molar-refractivity contribution in [1.82, 2.24) is 9.88 Å². The lowest BCUT2D eigenvalue weighted by Gasteiger charge is -2.25. The first-order valence-electron chi connectivity index (χ1n) is 12.0. The van der Waals surface area contributed by atoms with Crippen LogP contribution in [-0.4, -0.2) is 33.8 Å². The number of aliphatic hydroxyl groups excluding tert-OH is 1. The zero-order valence-corrected chi connectivity index (χ0v) is 20.1. The van der Waals surface area contributed by atoms with E-state index in [4.69, 9.17) is 4.74 Å². The molecular weight excluding hydrogens is 464 g/mol. The normalized spacial score (nSPS) is 17.1. The lowest BCUT2D eigenvalue weighted by molar-refractivity contribution is -0.140. The zero-order chi connectivity index (χ0) is 25.5. The highest BCUT2D eigenvalue weighted by molar-refractivity contribution is 6.46. The molecule has 1 aliphatic rings. The van der Waals surface area contributed by atoms with Crippen molar-refractivity contribution in [2.45, 2.75) is 12.6 Å². The van der Waals surface area contributed by atoms with Crippen LogP contribution in [0, 0.1) is 0 Å². The van der Waals surface area contributed by atoms with E-state index in [0.717, 1.165) is 32.8 Å². The molecule has 0 aliphatic carbocycles. The summed E-state index contributed by atoms with van der Waals surface area (Å²) in [5.74, 6) is -0.946. The number of ketones is 1. The number of fused-ring (bicyclic) bond motifs is 2. The molecule has 1 unspecified atom stereocenters. The quantitative estimate of drug-likeness (QED) is 0.182. The van der Waals surface area contributed by atoms with Crippen molar-refractivity contribution in [2.75, 3.05) is 7.11 Å². The number of carbonyl (C=O) groups is 2. The lowest BCUT2D eigenvalue weighted by Crippen LogP contribution is -2.29. The Balaban J connectivity index is 1.55. The van der Waals surface area contributed by atoms with Crippen LogP contribution in [0.2, 0.25) is 0 Å². The first-order valence-corrected chi connectivity index (χ1v) is 12.0. The first kappa shape index (κ1) is 22.6. The summed E-state index contributed by atoms with van der Waals surface area (Å²) in [4.78, 5) is 31.8. The molecule has 37 heavy (non-hydrogen) atoms. The van der Waals surface area contributed by atoms with E-state index in [2.05, 4.69) is 4.98 Å². The van der Waals surface area contributed by atoms with E-state index in [1.54, 1.807) is 13.2 Å². The van der Waals surface area contributed by atoms with Gasteiger partial charge in [0.2, 0.25) is 0 Å². The molecule has 0 radical (unpaired) electrons. The van der Waals surface area contributed by atoms with Crippen molar-refractivity contribution in [2.24, 2.45) is 0 Å². The highest BCUT2D eigenvalue weighted by Crippen LogP contribution is 2.43. The monoisotopic (exact) mass is 488 g/mol. The number of benzene rings is 4. The molecule has 1 saturated heterocycles. The van der Waals surface area contributed by atoms with Crippen LogP contribution in [-0.2, 0) is 16.1 Å². The molecule has 2 heterocycles. The van der Waals surface area contributed by atoms with Gasteiger partial charge >= 0.3 is 0 Å². The highest BCUT2D eigenvalue weighted by Gasteiger charge is 2.47. The third-order valence-electron chi connectivity index (χ3n) is 7.01. The van der Waals surface area contributed by atoms with E-state index >= 15 is 0 Å². The number of hydrogen-bond donors (Lipinski definition) is 2. The minimum Gasteiger partial charge on any atom is -0.507 e. The number of H-pyrrole nitrogens is 1. The summed E-state index contributed by atoms with van der Waals surface area (Å²) >= 11 is 0. The smallest absolute Gasteiger partial charge is 0.295 e. The van der Waals surface area contributed by atoms with E-state index in [1.807, 2.05) is 91.1 Å². The lowest BCUT2D eigenvalue weighted by atomic mass is 9.94. The number of aliphatic hydroxyl groups is 1. The fraction of sp³-hybridized carbons (Fsp3) is 0.0968. The molecule has 2 N–H and O–H groups in total. The molecule has 4 aromatic carbocycles. The van der Waals surface area contributed by atoms with Crippen LogP contribution >= 0.6 is 0 Å². The predicted octanol–water partition coefficient (Wildman–Crippen LogP) is 5.95. The van der Waals surface area contributed by atoms with E-state index in [9.17, 15) is 14.7 Å². The SMILES string of the molecule is COc1ccccc1CN1C(=O)C(=O)/C(=C(/O)c2ccc3ccccc3c2)C1c1c[nH]c2ccccc12. The number of para-hydroxylation sites is 2. The van der Waals surface area contributed by atoms with Crippen molar-refractivity contribution >= 4 is 39.1 Å². The Labute approximate surface area is 213 Å². The summed E-state index contributed by atoms with van der Waals surface area (Å²) in [7, 11) is 1.57. The largest absolute Gasteiger partial charge is 0.507 e. The number of rotatable bonds is 5. The second-order valence-electron chi connectivity index (χ2n) is 9.09. The zero-order valence-electron chi connectivity index (χ0n) is 20.1. The third-order valence-corrected chi connectivity index (χ3v) is 7.01. The van der Waals surface area contributed by atoms with Crippen LogP contribution in [0.3, 0.4) is 0 Å². The van der Waals surface area contributed by atoms with Gasteiger partial charge in [0.15, 0.2) is 0 Å². The minimum absolute atomic E-state index is 0.0694. The average molecular weight is 489 g/mol. The minimum atomic E-state index is -0.785. The molecular formula is C31H24N2O4. The van der Waals surface area contributed by atoms with Crippen LogP contribution in [0.4, 0.5) is 0 Å². The van der Waals surface area contributed by atoms with Gasteiger partial charge in [0, 0.05) is 33.8 Å². The Morgan fingerprint density at radius 3 is 2.49 bits per heavy atom. The van der Waals surface area contributed by atoms with Crippen LogP contribution in [0.25, 0.3) is 27.4 Å². The Morgan fingerprint density at radius 1 is 0.919 bits per heavy atom. The summed E-state index contributed by atoms with van der Waals surface area (Å²) in [6, 6.07) is 27.7. The number of nitrogens with zero attached hydrogens (tertiary/aromatic N) is 1. The second-order valence-corrected chi connectivity index (χ2v) is 9.09. The Bertz CT molecular complexity index is 1720. The highest BCUT2D eigenvalue weighted by atomic mass is 16.5. The maximum absolute atomic E-state index is 13.5. The number of nitrogens with one attached hydrogen (secondary N) is 1. The maximum atomic E-state index is 13.5. The van der Waals surface area contributed by atoms with Gasteiger partial charge in [-0.1, -0.05) is 72.8 Å². The van der Waals surface area contributed by atoms with Crippen molar-refractivity contribution in [3.8, 4) is 5.75 Å². The molecule has 5 aromatic rings. The van der Waals surface area contributed by atoms with Gasteiger partial charge in [0.1, 0.15) is 11.5 Å². The number of aromatic nitrogens is 1. The van der Waals surface area contributed by atoms with Crippen molar-refractivity contribution in [3.63, 3.8) is 0 Å². The molecule has 1 fully saturated rings. The number of Topliss-reactive ketones (excluding diaryl/α,β-unsaturated/α-hetero) is 1. The van der Waals surface area contributed by atoms with Crippen molar-refractivity contribution in [3.05, 3.63) is 119 Å². The van der Waals surface area contributed by atoms with E-state index in [0.29, 0.717) is 11.3 Å². The third kappa shape index (κ3) is 3.74. The molecule has 6 nitrogen and oxygen atoms in total. The van der Waals surface area contributed by atoms with Gasteiger partial charge < -0.3 is 19.7 Å². The Morgan fingerprint density at radius 2 is 1.65 bits per heavy atom. The van der Waals surface area contributed by atoms with Gasteiger partial charge in [-0.2, -0.15) is 0 Å². The number of amides is 1. The Hall–Kier alpha value is -4.84. The Kier molecular flexibility index (Phi) is 5.49. The fourth-order valence-corrected chi connectivity index (χ4v) is 5.20. The molecule has 182 valence electrons. The fourth-order valence-electron chi connectivity index (χ4n) is 5.20. The predicted molar refractivity (Wildman–Crippen MR) is 143 cm³/mol. The number of likely N-dealkylation sites (tertiary alicyclic amines) is 1. The van der Waals surface area contributed by atoms with E-state index in [1.165, 1.54) is 4.90 Å². The van der Waals surface area contributed by atoms with Crippen LogP contribution in [0.15, 0.2) is 103 Å². The molecule has 0 bridgehead atoms. The van der Waals surface area contributed by atoms with Crippen molar-refractivity contribution < 1.29 is 19.4 Å². The van der Waals surface area contributed by atoms with Gasteiger partial charge in [-0.05, 0) is 29.0 Å². The molecule has 1 amide bonds. The molecule has 1 aliphatic heterocycles. The number of aromatic amines is 1. The van der Waals surface area contributed by atoms with Crippen LogP contribution < -0.4 is 4.74 Å². The second kappa shape index (κ2) is 8.99. The number of carbonyl (C=O) groups excluding carboxylic acids is 2. The van der Waals surface area contributed by atoms with Gasteiger partial charge in [-0.3, -0.25) is 9.59 Å². The van der Waals surface area contributed by atoms with Crippen LogP contribution in [0.5, 0.6) is 5.75 Å². The molecule has 0 spiro atoms. The average Bonchev–Trinajstić information content (AvgIpc) is 3.47. The van der Waals surface area contributed by atoms with Gasteiger partial charge in [0.05, 0.1) is 25.3 Å². The molecule has 0 saturated carbocycles. The standard InChI is InChI=1S/C31H24N2O4/c1-37-26-13-7-4-10-22(26)18-33-28(24-17-32-25-12-6-5-11-23(24)25)27(30(35)31(33)36)29(34)21-15-14-19-8-2-3-9-20(19)16-21/h2-17,28,32,34H,18H2,1H3/b29-27+.